The normalized spacial score (nSPS) is 19.7. The Hall–Kier alpha value is -2.10. The first kappa shape index (κ1) is 11.4. The molecule has 0 bridgehead atoms. The highest BCUT2D eigenvalue weighted by Gasteiger charge is 2.33. The zero-order chi connectivity index (χ0) is 12.3. The van der Waals surface area contributed by atoms with Gasteiger partial charge in [-0.1, -0.05) is 30.3 Å². The van der Waals surface area contributed by atoms with E-state index < -0.39 is 6.09 Å². The van der Waals surface area contributed by atoms with Crippen molar-refractivity contribution in [3.05, 3.63) is 42.0 Å². The molecule has 1 heterocycles. The van der Waals surface area contributed by atoms with Crippen LogP contribution in [0.2, 0.25) is 0 Å². The van der Waals surface area contributed by atoms with Crippen LogP contribution in [0.3, 0.4) is 0 Å². The van der Waals surface area contributed by atoms with Crippen LogP contribution in [0.25, 0.3) is 6.08 Å². The Bertz CT molecular complexity index is 453. The van der Waals surface area contributed by atoms with Gasteiger partial charge < -0.3 is 4.74 Å². The maximum absolute atomic E-state index is 11.8. The summed E-state index contributed by atoms with van der Waals surface area (Å²) >= 11 is 0. The van der Waals surface area contributed by atoms with Crippen molar-refractivity contribution in [3.63, 3.8) is 0 Å². The first-order chi connectivity index (χ1) is 8.18. The molecule has 4 heteroatoms. The highest BCUT2D eigenvalue weighted by Crippen LogP contribution is 2.13. The van der Waals surface area contributed by atoms with Gasteiger partial charge in [-0.3, -0.25) is 4.79 Å². The molecular formula is C13H13NO3. The number of amides is 2. The van der Waals surface area contributed by atoms with Crippen LogP contribution in [0.5, 0.6) is 0 Å². The van der Waals surface area contributed by atoms with Gasteiger partial charge in [0.05, 0.1) is 6.04 Å². The van der Waals surface area contributed by atoms with E-state index in [1.807, 2.05) is 30.3 Å². The minimum Gasteiger partial charge on any atom is -0.447 e. The number of hydrogen-bond donors (Lipinski definition) is 0. The molecule has 0 N–H and O–H groups in total. The number of ether oxygens (including phenoxy) is 1. The lowest BCUT2D eigenvalue weighted by molar-refractivity contribution is -0.123. The highest BCUT2D eigenvalue weighted by atomic mass is 16.6. The number of nitrogens with zero attached hydrogens (tertiary/aromatic N) is 1. The Morgan fingerprint density at radius 1 is 1.41 bits per heavy atom. The fourth-order valence-electron chi connectivity index (χ4n) is 1.64. The summed E-state index contributed by atoms with van der Waals surface area (Å²) in [6.45, 7) is 2.04. The van der Waals surface area contributed by atoms with Crippen molar-refractivity contribution < 1.29 is 14.3 Å². The number of hydrogen-bond acceptors (Lipinski definition) is 3. The van der Waals surface area contributed by atoms with Gasteiger partial charge in [-0.15, -0.1) is 0 Å². The summed E-state index contributed by atoms with van der Waals surface area (Å²) in [4.78, 5) is 24.2. The Labute approximate surface area is 99.5 Å². The van der Waals surface area contributed by atoms with E-state index in [1.165, 1.54) is 6.08 Å². The van der Waals surface area contributed by atoms with Gasteiger partial charge in [0, 0.05) is 6.08 Å². The number of carbonyl (C=O) groups excluding carboxylic acids is 2. The van der Waals surface area contributed by atoms with E-state index in [-0.39, 0.29) is 18.6 Å². The average Bonchev–Trinajstić information content (AvgIpc) is 2.67. The fourth-order valence-corrected chi connectivity index (χ4v) is 1.64. The van der Waals surface area contributed by atoms with Gasteiger partial charge in [-0.25, -0.2) is 9.69 Å². The standard InChI is InChI=1S/C13H13NO3/c1-10-9-17-13(16)14(10)12(15)8-7-11-5-3-2-4-6-11/h2-8,10H,9H2,1H3/b8-7-/t10-/m0/s1. The molecule has 1 fully saturated rings. The molecule has 1 aliphatic rings. The summed E-state index contributed by atoms with van der Waals surface area (Å²) in [5, 5.41) is 0. The van der Waals surface area contributed by atoms with Crippen LogP contribution in [-0.4, -0.2) is 29.5 Å². The molecule has 17 heavy (non-hydrogen) atoms. The summed E-state index contributed by atoms with van der Waals surface area (Å²) < 4.78 is 4.78. The molecule has 1 aliphatic heterocycles. The number of cyclic esters (lactones) is 1. The largest absolute Gasteiger partial charge is 0.447 e. The summed E-state index contributed by atoms with van der Waals surface area (Å²) in [6, 6.07) is 9.24. The van der Waals surface area contributed by atoms with Gasteiger partial charge in [0.1, 0.15) is 6.61 Å². The third-order valence-electron chi connectivity index (χ3n) is 2.54. The van der Waals surface area contributed by atoms with Gasteiger partial charge in [-0.2, -0.15) is 0 Å². The van der Waals surface area contributed by atoms with E-state index in [0.29, 0.717) is 0 Å². The lowest BCUT2D eigenvalue weighted by Crippen LogP contribution is -2.35. The predicted octanol–water partition coefficient (Wildman–Crippen LogP) is 2.07. The maximum Gasteiger partial charge on any atom is 0.417 e. The Morgan fingerprint density at radius 3 is 2.71 bits per heavy atom. The lowest BCUT2D eigenvalue weighted by atomic mass is 10.2. The van der Waals surface area contributed by atoms with Crippen molar-refractivity contribution in [2.24, 2.45) is 0 Å². The monoisotopic (exact) mass is 231 g/mol. The molecule has 0 radical (unpaired) electrons. The van der Waals surface area contributed by atoms with Gasteiger partial charge in [0.25, 0.3) is 5.91 Å². The molecule has 2 rings (SSSR count). The molecule has 88 valence electrons. The smallest absolute Gasteiger partial charge is 0.417 e. The average molecular weight is 231 g/mol. The van der Waals surface area contributed by atoms with Crippen molar-refractivity contribution in [2.45, 2.75) is 13.0 Å². The second-order valence-corrected chi connectivity index (χ2v) is 3.88. The minimum atomic E-state index is -0.569. The minimum absolute atomic E-state index is 0.199. The molecule has 1 aromatic carbocycles. The van der Waals surface area contributed by atoms with Crippen molar-refractivity contribution in [2.75, 3.05) is 6.61 Å². The molecule has 4 nitrogen and oxygen atoms in total. The second kappa shape index (κ2) is 4.82. The molecule has 1 aromatic rings. The van der Waals surface area contributed by atoms with Crippen LogP contribution >= 0.6 is 0 Å². The van der Waals surface area contributed by atoms with Gasteiger partial charge >= 0.3 is 6.09 Å². The Kier molecular flexibility index (Phi) is 3.23. The van der Waals surface area contributed by atoms with Crippen molar-refractivity contribution in [1.82, 2.24) is 4.90 Å². The summed E-state index contributed by atoms with van der Waals surface area (Å²) in [7, 11) is 0. The van der Waals surface area contributed by atoms with Crippen LogP contribution < -0.4 is 0 Å². The van der Waals surface area contributed by atoms with Crippen LogP contribution in [0.15, 0.2) is 36.4 Å². The van der Waals surface area contributed by atoms with Crippen LogP contribution in [-0.2, 0) is 9.53 Å². The molecule has 2 amide bonds. The summed E-state index contributed by atoms with van der Waals surface area (Å²) in [5.74, 6) is -0.344. The molecular weight excluding hydrogens is 218 g/mol. The predicted molar refractivity (Wildman–Crippen MR) is 63.1 cm³/mol. The molecule has 1 atom stereocenters. The van der Waals surface area contributed by atoms with E-state index in [1.54, 1.807) is 13.0 Å². The summed E-state index contributed by atoms with van der Waals surface area (Å²) in [6.07, 6.45) is 2.50. The van der Waals surface area contributed by atoms with E-state index in [4.69, 9.17) is 4.74 Å². The van der Waals surface area contributed by atoms with E-state index in [2.05, 4.69) is 0 Å². The van der Waals surface area contributed by atoms with Crippen molar-refractivity contribution >= 4 is 18.1 Å². The topological polar surface area (TPSA) is 46.6 Å². The number of benzene rings is 1. The maximum atomic E-state index is 11.8. The first-order valence-electron chi connectivity index (χ1n) is 5.41. The third kappa shape index (κ3) is 2.53. The van der Waals surface area contributed by atoms with Gasteiger partial charge in [0.2, 0.25) is 0 Å². The number of imide groups is 1. The second-order valence-electron chi connectivity index (χ2n) is 3.88. The SMILES string of the molecule is C[C@H]1COC(=O)N1C(=O)/C=C\c1ccccc1. The first-order valence-corrected chi connectivity index (χ1v) is 5.41. The molecule has 0 spiro atoms. The number of carbonyl (C=O) groups is 2. The van der Waals surface area contributed by atoms with E-state index in [9.17, 15) is 9.59 Å². The number of rotatable bonds is 2. The third-order valence-corrected chi connectivity index (χ3v) is 2.54. The van der Waals surface area contributed by atoms with Gasteiger partial charge in [0.15, 0.2) is 0 Å². The van der Waals surface area contributed by atoms with Crippen molar-refractivity contribution in [1.29, 1.82) is 0 Å². The quantitative estimate of drug-likeness (QED) is 0.732. The van der Waals surface area contributed by atoms with Crippen molar-refractivity contribution in [3.8, 4) is 0 Å². The van der Waals surface area contributed by atoms with Gasteiger partial charge in [-0.05, 0) is 18.6 Å². The fraction of sp³-hybridized carbons (Fsp3) is 0.231. The summed E-state index contributed by atoms with van der Waals surface area (Å²) in [5.41, 5.74) is 0.918. The Balaban J connectivity index is 2.07. The molecule has 0 aliphatic carbocycles. The van der Waals surface area contributed by atoms with E-state index in [0.717, 1.165) is 10.5 Å². The van der Waals surface area contributed by atoms with Crippen LogP contribution in [0.1, 0.15) is 12.5 Å². The Morgan fingerprint density at radius 2 is 2.12 bits per heavy atom. The molecule has 1 saturated heterocycles. The van der Waals surface area contributed by atoms with Crippen LogP contribution in [0.4, 0.5) is 4.79 Å². The van der Waals surface area contributed by atoms with E-state index >= 15 is 0 Å². The molecule has 0 saturated carbocycles. The highest BCUT2D eigenvalue weighted by molar-refractivity contribution is 6.01. The zero-order valence-electron chi connectivity index (χ0n) is 9.50. The molecule has 0 unspecified atom stereocenters. The zero-order valence-corrected chi connectivity index (χ0v) is 9.50. The molecule has 0 aromatic heterocycles. The van der Waals surface area contributed by atoms with Crippen LogP contribution in [0, 0.1) is 0 Å². The lowest BCUT2D eigenvalue weighted by Gasteiger charge is -2.12.